The van der Waals surface area contributed by atoms with E-state index < -0.39 is 15.8 Å². The molecule has 2 rings (SSSR count). The third-order valence-electron chi connectivity index (χ3n) is 3.77. The number of hydrogen-bond acceptors (Lipinski definition) is 5. The summed E-state index contributed by atoms with van der Waals surface area (Å²) in [6.45, 7) is 0.391. The minimum Gasteiger partial charge on any atom is -0.462 e. The molecular formula is C15H21NO4S. The zero-order valence-corrected chi connectivity index (χ0v) is 13.0. The predicted molar refractivity (Wildman–Crippen MR) is 80.8 cm³/mol. The lowest BCUT2D eigenvalue weighted by molar-refractivity contribution is 0.0410. The van der Waals surface area contributed by atoms with Crippen LogP contribution in [0.5, 0.6) is 0 Å². The molecule has 1 aromatic rings. The molecule has 116 valence electrons. The first-order chi connectivity index (χ1) is 9.86. The van der Waals surface area contributed by atoms with Crippen LogP contribution < -0.4 is 5.73 Å². The first kappa shape index (κ1) is 15.8. The van der Waals surface area contributed by atoms with Gasteiger partial charge in [0.1, 0.15) is 0 Å². The van der Waals surface area contributed by atoms with Gasteiger partial charge in [-0.1, -0.05) is 19.3 Å². The lowest BCUT2D eigenvalue weighted by Gasteiger charge is -2.21. The van der Waals surface area contributed by atoms with Gasteiger partial charge in [-0.2, -0.15) is 0 Å². The summed E-state index contributed by atoms with van der Waals surface area (Å²) >= 11 is 0. The first-order valence-electron chi connectivity index (χ1n) is 7.14. The topological polar surface area (TPSA) is 86.5 Å². The summed E-state index contributed by atoms with van der Waals surface area (Å²) in [5, 5.41) is 0. The number of benzene rings is 1. The molecule has 1 saturated carbocycles. The van der Waals surface area contributed by atoms with Crippen LogP contribution in [0.1, 0.15) is 42.5 Å². The second-order valence-corrected chi connectivity index (χ2v) is 7.68. The molecule has 6 heteroatoms. The molecule has 1 fully saturated rings. The van der Waals surface area contributed by atoms with Crippen LogP contribution in [0.25, 0.3) is 0 Å². The summed E-state index contributed by atoms with van der Waals surface area (Å²) in [5.41, 5.74) is 6.09. The van der Waals surface area contributed by atoms with Gasteiger partial charge in [0.2, 0.25) is 0 Å². The number of anilines is 1. The van der Waals surface area contributed by atoms with E-state index in [1.54, 1.807) is 0 Å². The normalized spacial score (nSPS) is 16.6. The van der Waals surface area contributed by atoms with Gasteiger partial charge in [-0.25, -0.2) is 13.2 Å². The van der Waals surface area contributed by atoms with Crippen molar-refractivity contribution in [3.8, 4) is 0 Å². The van der Waals surface area contributed by atoms with Crippen LogP contribution in [0.15, 0.2) is 23.1 Å². The fourth-order valence-corrected chi connectivity index (χ4v) is 3.28. The molecule has 0 amide bonds. The van der Waals surface area contributed by atoms with Crippen LogP contribution in [0.4, 0.5) is 5.69 Å². The van der Waals surface area contributed by atoms with E-state index in [0.29, 0.717) is 12.5 Å². The standard InChI is InChI=1S/C15H21NO4S/c1-21(18,19)14-8-12(7-13(16)9-14)15(17)20-10-11-5-3-2-4-6-11/h7-9,11H,2-6,10,16H2,1H3. The van der Waals surface area contributed by atoms with E-state index in [1.165, 1.54) is 37.5 Å². The third kappa shape index (κ3) is 4.46. The Labute approximate surface area is 125 Å². The number of esters is 1. The number of ether oxygens (including phenoxy) is 1. The maximum atomic E-state index is 12.0. The van der Waals surface area contributed by atoms with Gasteiger partial charge in [0.25, 0.3) is 0 Å². The fourth-order valence-electron chi connectivity index (χ4n) is 2.58. The highest BCUT2D eigenvalue weighted by atomic mass is 32.2. The molecule has 0 heterocycles. The molecule has 0 bridgehead atoms. The zero-order valence-electron chi connectivity index (χ0n) is 12.2. The quantitative estimate of drug-likeness (QED) is 0.681. The molecule has 5 nitrogen and oxygen atoms in total. The minimum atomic E-state index is -3.40. The number of carbonyl (C=O) groups is 1. The Morgan fingerprint density at radius 1 is 1.24 bits per heavy atom. The van der Waals surface area contributed by atoms with Gasteiger partial charge in [-0.05, 0) is 37.0 Å². The van der Waals surface area contributed by atoms with Crippen LogP contribution in [0.3, 0.4) is 0 Å². The summed E-state index contributed by atoms with van der Waals surface area (Å²) < 4.78 is 28.4. The smallest absolute Gasteiger partial charge is 0.338 e. The van der Waals surface area contributed by atoms with Gasteiger partial charge < -0.3 is 10.5 Å². The van der Waals surface area contributed by atoms with Crippen LogP contribution in [-0.2, 0) is 14.6 Å². The zero-order chi connectivity index (χ0) is 15.5. The second kappa shape index (κ2) is 6.47. The summed E-state index contributed by atoms with van der Waals surface area (Å²) in [7, 11) is -3.40. The summed E-state index contributed by atoms with van der Waals surface area (Å²) in [6, 6.07) is 4.10. The molecule has 0 unspecified atom stereocenters. The monoisotopic (exact) mass is 311 g/mol. The number of hydrogen-bond donors (Lipinski definition) is 1. The Morgan fingerprint density at radius 2 is 1.90 bits per heavy atom. The maximum Gasteiger partial charge on any atom is 0.338 e. The highest BCUT2D eigenvalue weighted by molar-refractivity contribution is 7.90. The largest absolute Gasteiger partial charge is 0.462 e. The molecule has 0 radical (unpaired) electrons. The Kier molecular flexibility index (Phi) is 4.88. The SMILES string of the molecule is CS(=O)(=O)c1cc(N)cc(C(=O)OCC2CCCCC2)c1. The van der Waals surface area contributed by atoms with Crippen molar-refractivity contribution in [1.29, 1.82) is 0 Å². The van der Waals surface area contributed by atoms with Crippen molar-refractivity contribution in [2.45, 2.75) is 37.0 Å². The molecule has 0 saturated heterocycles. The molecule has 1 aliphatic rings. The van der Waals surface area contributed by atoms with Gasteiger partial charge in [0.05, 0.1) is 17.1 Å². The first-order valence-corrected chi connectivity index (χ1v) is 9.03. The second-order valence-electron chi connectivity index (χ2n) is 5.67. The third-order valence-corrected chi connectivity index (χ3v) is 4.86. The maximum absolute atomic E-state index is 12.0. The number of nitrogens with two attached hydrogens (primary N) is 1. The van der Waals surface area contributed by atoms with E-state index in [0.717, 1.165) is 19.1 Å². The van der Waals surface area contributed by atoms with Crippen molar-refractivity contribution in [3.05, 3.63) is 23.8 Å². The van der Waals surface area contributed by atoms with E-state index >= 15 is 0 Å². The van der Waals surface area contributed by atoms with Crippen molar-refractivity contribution >= 4 is 21.5 Å². The summed E-state index contributed by atoms with van der Waals surface area (Å²) in [4.78, 5) is 12.1. The summed E-state index contributed by atoms with van der Waals surface area (Å²) in [5.74, 6) is -0.101. The molecule has 0 spiro atoms. The van der Waals surface area contributed by atoms with Crippen molar-refractivity contribution in [2.75, 3.05) is 18.6 Å². The molecule has 2 N–H and O–H groups in total. The van der Waals surface area contributed by atoms with Gasteiger partial charge in [-0.3, -0.25) is 0 Å². The molecule has 21 heavy (non-hydrogen) atoms. The predicted octanol–water partition coefficient (Wildman–Crippen LogP) is 2.41. The lowest BCUT2D eigenvalue weighted by atomic mass is 9.90. The molecule has 0 aromatic heterocycles. The van der Waals surface area contributed by atoms with E-state index in [1.807, 2.05) is 0 Å². The van der Waals surface area contributed by atoms with Crippen molar-refractivity contribution in [2.24, 2.45) is 5.92 Å². The molecule has 1 aromatic carbocycles. The van der Waals surface area contributed by atoms with Gasteiger partial charge in [0.15, 0.2) is 9.84 Å². The van der Waals surface area contributed by atoms with Crippen LogP contribution in [0, 0.1) is 5.92 Å². The lowest BCUT2D eigenvalue weighted by Crippen LogP contribution is -2.17. The number of carbonyl (C=O) groups excluding carboxylic acids is 1. The van der Waals surface area contributed by atoms with Gasteiger partial charge in [-0.15, -0.1) is 0 Å². The highest BCUT2D eigenvalue weighted by Gasteiger charge is 2.18. The Bertz CT molecular complexity index is 619. The van der Waals surface area contributed by atoms with Crippen LogP contribution in [0.2, 0.25) is 0 Å². The average Bonchev–Trinajstić information content (AvgIpc) is 2.44. The fraction of sp³-hybridized carbons (Fsp3) is 0.533. The minimum absolute atomic E-state index is 0.0344. The van der Waals surface area contributed by atoms with Gasteiger partial charge >= 0.3 is 5.97 Å². The Hall–Kier alpha value is -1.56. The van der Waals surface area contributed by atoms with Crippen molar-refractivity contribution in [3.63, 3.8) is 0 Å². The van der Waals surface area contributed by atoms with Crippen LogP contribution >= 0.6 is 0 Å². The highest BCUT2D eigenvalue weighted by Crippen LogP contribution is 2.24. The van der Waals surface area contributed by atoms with E-state index in [2.05, 4.69) is 0 Å². The van der Waals surface area contributed by atoms with Crippen molar-refractivity contribution in [1.82, 2.24) is 0 Å². The van der Waals surface area contributed by atoms with E-state index in [-0.39, 0.29) is 16.1 Å². The Balaban J connectivity index is 2.06. The molecular weight excluding hydrogens is 290 g/mol. The van der Waals surface area contributed by atoms with Crippen molar-refractivity contribution < 1.29 is 17.9 Å². The number of sulfone groups is 1. The number of rotatable bonds is 4. The Morgan fingerprint density at radius 3 is 2.52 bits per heavy atom. The van der Waals surface area contributed by atoms with E-state index in [9.17, 15) is 13.2 Å². The molecule has 0 aliphatic heterocycles. The molecule has 1 aliphatic carbocycles. The van der Waals surface area contributed by atoms with Gasteiger partial charge in [0, 0.05) is 11.9 Å². The van der Waals surface area contributed by atoms with Crippen LogP contribution in [-0.4, -0.2) is 27.2 Å². The van der Waals surface area contributed by atoms with E-state index in [4.69, 9.17) is 10.5 Å². The summed E-state index contributed by atoms with van der Waals surface area (Å²) in [6.07, 6.45) is 6.85. The average molecular weight is 311 g/mol. The number of nitrogen functional groups attached to an aromatic ring is 1. The molecule has 0 atom stereocenters.